The van der Waals surface area contributed by atoms with Gasteiger partial charge in [-0.1, -0.05) is 0 Å². The second kappa shape index (κ2) is 8.57. The highest BCUT2D eigenvalue weighted by atomic mass is 16.5. The minimum absolute atomic E-state index is 0.224. The molecule has 0 aliphatic rings. The predicted octanol–water partition coefficient (Wildman–Crippen LogP) is 0.686. The van der Waals surface area contributed by atoms with Crippen molar-refractivity contribution in [1.82, 2.24) is 15.1 Å². The Hall–Kier alpha value is -3.74. The Kier molecular flexibility index (Phi) is 6.22. The van der Waals surface area contributed by atoms with Crippen LogP contribution in [0.15, 0.2) is 18.3 Å². The van der Waals surface area contributed by atoms with Gasteiger partial charge in [-0.15, -0.1) is 0 Å². The maximum Gasteiger partial charge on any atom is 0.251 e. The minimum Gasteiger partial charge on any atom is -0.493 e. The smallest absolute Gasteiger partial charge is 0.251 e. The second-order valence-corrected chi connectivity index (χ2v) is 5.29. The first-order chi connectivity index (χ1) is 12.9. The van der Waals surface area contributed by atoms with Gasteiger partial charge in [0.15, 0.2) is 11.5 Å². The zero-order valence-electron chi connectivity index (χ0n) is 15.3. The Morgan fingerprint density at radius 2 is 1.81 bits per heavy atom. The molecule has 2 rings (SSSR count). The van der Waals surface area contributed by atoms with Gasteiger partial charge in [0, 0.05) is 12.6 Å². The summed E-state index contributed by atoms with van der Waals surface area (Å²) in [4.78, 5) is 24.4. The van der Waals surface area contributed by atoms with Crippen molar-refractivity contribution in [3.05, 3.63) is 29.5 Å². The maximum atomic E-state index is 12.4. The van der Waals surface area contributed by atoms with Crippen LogP contribution >= 0.6 is 0 Å². The van der Waals surface area contributed by atoms with E-state index >= 15 is 0 Å². The molecule has 1 aromatic heterocycles. The van der Waals surface area contributed by atoms with Gasteiger partial charge in [0.25, 0.3) is 5.91 Å². The van der Waals surface area contributed by atoms with Gasteiger partial charge in [0.2, 0.25) is 11.7 Å². The lowest BCUT2D eigenvalue weighted by atomic mass is 10.1. The summed E-state index contributed by atoms with van der Waals surface area (Å²) in [5.41, 5.74) is 0.456. The SMILES string of the molecule is COc1cc(C(=O)NCC(=O)Nc2c(C#N)cnn2C)cc(OC)c1OC. The molecular formula is C17H19N5O5. The number of methoxy groups -OCH3 is 3. The molecule has 2 aromatic rings. The van der Waals surface area contributed by atoms with Gasteiger partial charge in [0.05, 0.1) is 34.1 Å². The van der Waals surface area contributed by atoms with E-state index in [-0.39, 0.29) is 23.5 Å². The largest absolute Gasteiger partial charge is 0.493 e. The first-order valence-corrected chi connectivity index (χ1v) is 7.75. The molecule has 10 nitrogen and oxygen atoms in total. The lowest BCUT2D eigenvalue weighted by molar-refractivity contribution is -0.115. The molecular weight excluding hydrogens is 354 g/mol. The standard InChI is InChI=1S/C17H19N5O5/c1-22-16(11(7-18)8-20-22)21-14(23)9-19-17(24)10-5-12(25-2)15(27-4)13(6-10)26-3/h5-6,8H,9H2,1-4H3,(H,19,24)(H,21,23). The Balaban J connectivity index is 2.08. The van der Waals surface area contributed by atoms with Gasteiger partial charge in [0.1, 0.15) is 17.5 Å². The number of nitrogens with zero attached hydrogens (tertiary/aromatic N) is 3. The van der Waals surface area contributed by atoms with Crippen molar-refractivity contribution in [3.8, 4) is 23.3 Å². The maximum absolute atomic E-state index is 12.4. The number of hydrogen-bond acceptors (Lipinski definition) is 7. The number of aromatic nitrogens is 2. The fraction of sp³-hybridized carbons (Fsp3) is 0.294. The first-order valence-electron chi connectivity index (χ1n) is 7.75. The predicted molar refractivity (Wildman–Crippen MR) is 95.0 cm³/mol. The Labute approximate surface area is 155 Å². The van der Waals surface area contributed by atoms with Gasteiger partial charge in [-0.25, -0.2) is 0 Å². The highest BCUT2D eigenvalue weighted by Gasteiger charge is 2.18. The highest BCUT2D eigenvalue weighted by molar-refractivity contribution is 6.00. The summed E-state index contributed by atoms with van der Waals surface area (Å²) in [7, 11) is 5.92. The average Bonchev–Trinajstić information content (AvgIpc) is 3.04. The van der Waals surface area contributed by atoms with E-state index in [2.05, 4.69) is 15.7 Å². The van der Waals surface area contributed by atoms with E-state index in [1.165, 1.54) is 44.3 Å². The molecule has 142 valence electrons. The fourth-order valence-electron chi connectivity index (χ4n) is 2.32. The molecule has 2 N–H and O–H groups in total. The Bertz CT molecular complexity index is 875. The third-order valence-electron chi connectivity index (χ3n) is 3.65. The van der Waals surface area contributed by atoms with Crippen molar-refractivity contribution >= 4 is 17.6 Å². The van der Waals surface area contributed by atoms with Crippen LogP contribution in [0.3, 0.4) is 0 Å². The number of aryl methyl sites for hydroxylation is 1. The van der Waals surface area contributed by atoms with Gasteiger partial charge in [-0.2, -0.15) is 10.4 Å². The Morgan fingerprint density at radius 1 is 1.19 bits per heavy atom. The molecule has 0 bridgehead atoms. The molecule has 0 fully saturated rings. The number of amides is 2. The normalized spacial score (nSPS) is 9.89. The monoisotopic (exact) mass is 373 g/mol. The van der Waals surface area contributed by atoms with E-state index in [4.69, 9.17) is 19.5 Å². The number of carbonyl (C=O) groups is 2. The number of hydrogen-bond donors (Lipinski definition) is 2. The first kappa shape index (κ1) is 19.6. The molecule has 0 spiro atoms. The van der Waals surface area contributed by atoms with E-state index in [0.29, 0.717) is 17.2 Å². The van der Waals surface area contributed by atoms with Gasteiger partial charge >= 0.3 is 0 Å². The van der Waals surface area contributed by atoms with E-state index in [9.17, 15) is 9.59 Å². The third-order valence-corrected chi connectivity index (χ3v) is 3.65. The number of nitriles is 1. The van der Waals surface area contributed by atoms with E-state index < -0.39 is 11.8 Å². The number of benzene rings is 1. The molecule has 0 radical (unpaired) electrons. The quantitative estimate of drug-likeness (QED) is 0.731. The molecule has 0 unspecified atom stereocenters. The van der Waals surface area contributed by atoms with Gasteiger partial charge < -0.3 is 24.8 Å². The minimum atomic E-state index is -0.505. The van der Waals surface area contributed by atoms with E-state index in [1.807, 2.05) is 6.07 Å². The van der Waals surface area contributed by atoms with Crippen LogP contribution in [0.4, 0.5) is 5.82 Å². The number of carbonyl (C=O) groups excluding carboxylic acids is 2. The van der Waals surface area contributed by atoms with Crippen LogP contribution in [0.2, 0.25) is 0 Å². The van der Waals surface area contributed by atoms with Crippen molar-refractivity contribution in [2.24, 2.45) is 7.05 Å². The van der Waals surface area contributed by atoms with Crippen molar-refractivity contribution in [1.29, 1.82) is 5.26 Å². The average molecular weight is 373 g/mol. The number of ether oxygens (including phenoxy) is 3. The van der Waals surface area contributed by atoms with Crippen LogP contribution in [0.25, 0.3) is 0 Å². The van der Waals surface area contributed by atoms with Crippen LogP contribution in [0, 0.1) is 11.3 Å². The number of anilines is 1. The van der Waals surface area contributed by atoms with Crippen LogP contribution < -0.4 is 24.8 Å². The molecule has 0 saturated carbocycles. The lowest BCUT2D eigenvalue weighted by Crippen LogP contribution is -2.33. The van der Waals surface area contributed by atoms with Gasteiger partial charge in [-0.05, 0) is 12.1 Å². The summed E-state index contributed by atoms with van der Waals surface area (Å²) in [6.07, 6.45) is 1.34. The van der Waals surface area contributed by atoms with Crippen molar-refractivity contribution in [2.75, 3.05) is 33.2 Å². The van der Waals surface area contributed by atoms with E-state index in [1.54, 1.807) is 7.05 Å². The van der Waals surface area contributed by atoms with Crippen molar-refractivity contribution in [3.63, 3.8) is 0 Å². The van der Waals surface area contributed by atoms with E-state index in [0.717, 1.165) is 0 Å². The summed E-state index contributed by atoms with van der Waals surface area (Å²) < 4.78 is 17.0. The molecule has 1 aromatic carbocycles. The zero-order chi connectivity index (χ0) is 20.0. The summed E-state index contributed by atoms with van der Waals surface area (Å²) >= 11 is 0. The summed E-state index contributed by atoms with van der Waals surface area (Å²) in [5.74, 6) is 0.241. The van der Waals surface area contributed by atoms with Crippen molar-refractivity contribution in [2.45, 2.75) is 0 Å². The number of rotatable bonds is 7. The topological polar surface area (TPSA) is 128 Å². The zero-order valence-corrected chi connectivity index (χ0v) is 15.3. The molecule has 2 amide bonds. The molecule has 10 heteroatoms. The molecule has 1 heterocycles. The highest BCUT2D eigenvalue weighted by Crippen LogP contribution is 2.38. The fourth-order valence-corrected chi connectivity index (χ4v) is 2.32. The van der Waals surface area contributed by atoms with Crippen molar-refractivity contribution < 1.29 is 23.8 Å². The van der Waals surface area contributed by atoms with Crippen LogP contribution in [-0.2, 0) is 11.8 Å². The molecule has 0 atom stereocenters. The lowest BCUT2D eigenvalue weighted by Gasteiger charge is -2.14. The Morgan fingerprint density at radius 3 is 2.33 bits per heavy atom. The molecule has 0 saturated heterocycles. The summed E-state index contributed by atoms with van der Waals surface area (Å²) in [5, 5.41) is 17.9. The molecule has 0 aliphatic heterocycles. The number of nitrogens with one attached hydrogen (secondary N) is 2. The molecule has 0 aliphatic carbocycles. The summed E-state index contributed by atoms with van der Waals surface area (Å²) in [6, 6.07) is 4.87. The summed E-state index contributed by atoms with van der Waals surface area (Å²) in [6.45, 7) is -0.300. The van der Waals surface area contributed by atoms with Gasteiger partial charge in [-0.3, -0.25) is 14.3 Å². The second-order valence-electron chi connectivity index (χ2n) is 5.29. The molecule has 27 heavy (non-hydrogen) atoms. The van der Waals surface area contributed by atoms with Crippen LogP contribution in [-0.4, -0.2) is 49.5 Å². The van der Waals surface area contributed by atoms with Crippen LogP contribution in [0.1, 0.15) is 15.9 Å². The van der Waals surface area contributed by atoms with Crippen LogP contribution in [0.5, 0.6) is 17.2 Å². The third kappa shape index (κ3) is 4.27.